The SMILES string of the molecule is CC(C)/C=C/c1nc2ccccc2n1-c1ccccn1.Cl. The second-order valence-corrected chi connectivity index (χ2v) is 5.09. The van der Waals surface area contributed by atoms with Gasteiger partial charge in [0, 0.05) is 6.20 Å². The van der Waals surface area contributed by atoms with Crippen molar-refractivity contribution in [1.82, 2.24) is 14.5 Å². The predicted molar refractivity (Wildman–Crippen MR) is 90.0 cm³/mol. The van der Waals surface area contributed by atoms with Crippen molar-refractivity contribution in [2.75, 3.05) is 0 Å². The summed E-state index contributed by atoms with van der Waals surface area (Å²) in [7, 11) is 0. The van der Waals surface area contributed by atoms with Crippen molar-refractivity contribution in [2.45, 2.75) is 13.8 Å². The van der Waals surface area contributed by atoms with E-state index in [0.717, 1.165) is 22.7 Å². The highest BCUT2D eigenvalue weighted by atomic mass is 35.5. The summed E-state index contributed by atoms with van der Waals surface area (Å²) < 4.78 is 2.09. The van der Waals surface area contributed by atoms with Crippen molar-refractivity contribution < 1.29 is 0 Å². The van der Waals surface area contributed by atoms with Crippen molar-refractivity contribution >= 4 is 29.5 Å². The number of hydrogen-bond acceptors (Lipinski definition) is 2. The summed E-state index contributed by atoms with van der Waals surface area (Å²) in [5.41, 5.74) is 2.07. The Hall–Kier alpha value is -2.13. The summed E-state index contributed by atoms with van der Waals surface area (Å²) in [4.78, 5) is 9.15. The van der Waals surface area contributed by atoms with E-state index in [0.29, 0.717) is 5.92 Å². The molecule has 3 aromatic rings. The lowest BCUT2D eigenvalue weighted by molar-refractivity contribution is 0.834. The molecule has 1 aromatic carbocycles. The quantitative estimate of drug-likeness (QED) is 0.712. The van der Waals surface area contributed by atoms with E-state index in [2.05, 4.69) is 41.6 Å². The van der Waals surface area contributed by atoms with Crippen molar-refractivity contribution in [3.63, 3.8) is 0 Å². The number of aromatic nitrogens is 3. The average Bonchev–Trinajstić information content (AvgIpc) is 2.84. The lowest BCUT2D eigenvalue weighted by Crippen LogP contribution is -1.99. The van der Waals surface area contributed by atoms with E-state index in [1.165, 1.54) is 0 Å². The van der Waals surface area contributed by atoms with Crippen LogP contribution in [0.15, 0.2) is 54.7 Å². The minimum absolute atomic E-state index is 0. The fourth-order valence-corrected chi connectivity index (χ4v) is 2.16. The van der Waals surface area contributed by atoms with Gasteiger partial charge in [-0.15, -0.1) is 12.4 Å². The van der Waals surface area contributed by atoms with Gasteiger partial charge in [0.05, 0.1) is 11.0 Å². The Labute approximate surface area is 130 Å². The van der Waals surface area contributed by atoms with E-state index >= 15 is 0 Å². The van der Waals surface area contributed by atoms with E-state index in [-0.39, 0.29) is 12.4 Å². The molecule has 0 atom stereocenters. The standard InChI is InChI=1S/C17H17N3.ClH/c1-13(2)10-11-17-19-14-7-3-4-8-15(14)20(17)16-9-5-6-12-18-16;/h3-13H,1-2H3;1H/b11-10+;. The van der Waals surface area contributed by atoms with Crippen molar-refractivity contribution in [2.24, 2.45) is 5.92 Å². The van der Waals surface area contributed by atoms with Crippen LogP contribution in [0, 0.1) is 5.92 Å². The van der Waals surface area contributed by atoms with Gasteiger partial charge >= 0.3 is 0 Å². The van der Waals surface area contributed by atoms with Crippen LogP contribution in [0.5, 0.6) is 0 Å². The molecule has 0 aliphatic rings. The molecule has 21 heavy (non-hydrogen) atoms. The summed E-state index contributed by atoms with van der Waals surface area (Å²) in [5.74, 6) is 2.30. The summed E-state index contributed by atoms with van der Waals surface area (Å²) >= 11 is 0. The Kier molecular flexibility index (Phi) is 4.76. The van der Waals surface area contributed by atoms with Crippen molar-refractivity contribution in [3.8, 4) is 5.82 Å². The highest BCUT2D eigenvalue weighted by molar-refractivity contribution is 5.85. The van der Waals surface area contributed by atoms with Gasteiger partial charge in [0.1, 0.15) is 11.6 Å². The first-order valence-corrected chi connectivity index (χ1v) is 6.83. The van der Waals surface area contributed by atoms with Crippen LogP contribution in [-0.2, 0) is 0 Å². The van der Waals surface area contributed by atoms with Crippen LogP contribution in [0.25, 0.3) is 22.9 Å². The van der Waals surface area contributed by atoms with Gasteiger partial charge in [0.15, 0.2) is 0 Å². The summed E-state index contributed by atoms with van der Waals surface area (Å²) in [6, 6.07) is 14.1. The molecular formula is C17H18ClN3. The van der Waals surface area contributed by atoms with Gasteiger partial charge in [-0.3, -0.25) is 4.57 Å². The van der Waals surface area contributed by atoms with E-state index in [9.17, 15) is 0 Å². The number of nitrogens with zero attached hydrogens (tertiary/aromatic N) is 3. The average molecular weight is 300 g/mol. The monoisotopic (exact) mass is 299 g/mol. The molecule has 0 radical (unpaired) electrons. The van der Waals surface area contributed by atoms with Crippen LogP contribution in [-0.4, -0.2) is 14.5 Å². The third kappa shape index (κ3) is 3.14. The molecule has 0 aliphatic heterocycles. The Morgan fingerprint density at radius 3 is 2.52 bits per heavy atom. The largest absolute Gasteiger partial charge is 0.277 e. The maximum Gasteiger partial charge on any atom is 0.139 e. The Morgan fingerprint density at radius 2 is 1.81 bits per heavy atom. The molecule has 2 aromatic heterocycles. The molecule has 0 aliphatic carbocycles. The number of rotatable bonds is 3. The van der Waals surface area contributed by atoms with Crippen LogP contribution in [0.1, 0.15) is 19.7 Å². The number of allylic oxidation sites excluding steroid dienone is 1. The zero-order valence-electron chi connectivity index (χ0n) is 12.1. The number of hydrogen-bond donors (Lipinski definition) is 0. The molecule has 0 amide bonds. The lowest BCUT2D eigenvalue weighted by Gasteiger charge is -2.05. The van der Waals surface area contributed by atoms with Gasteiger partial charge in [0.25, 0.3) is 0 Å². The molecule has 0 N–H and O–H groups in total. The van der Waals surface area contributed by atoms with Gasteiger partial charge < -0.3 is 0 Å². The topological polar surface area (TPSA) is 30.7 Å². The fraction of sp³-hybridized carbons (Fsp3) is 0.176. The van der Waals surface area contributed by atoms with Crippen LogP contribution in [0.2, 0.25) is 0 Å². The molecule has 3 nitrogen and oxygen atoms in total. The number of fused-ring (bicyclic) bond motifs is 1. The summed E-state index contributed by atoms with van der Waals surface area (Å²) in [6.07, 6.45) is 6.03. The Bertz CT molecular complexity index is 745. The smallest absolute Gasteiger partial charge is 0.139 e. The molecular weight excluding hydrogens is 282 g/mol. The van der Waals surface area contributed by atoms with Crippen LogP contribution in [0.4, 0.5) is 0 Å². The lowest BCUT2D eigenvalue weighted by atomic mass is 10.2. The zero-order valence-corrected chi connectivity index (χ0v) is 12.9. The van der Waals surface area contributed by atoms with Gasteiger partial charge in [0.2, 0.25) is 0 Å². The first-order valence-electron chi connectivity index (χ1n) is 6.83. The molecule has 2 heterocycles. The second kappa shape index (κ2) is 6.55. The molecule has 108 valence electrons. The first-order chi connectivity index (χ1) is 9.75. The second-order valence-electron chi connectivity index (χ2n) is 5.09. The molecule has 0 saturated heterocycles. The van der Waals surface area contributed by atoms with Crippen molar-refractivity contribution in [3.05, 3.63) is 60.6 Å². The highest BCUT2D eigenvalue weighted by Gasteiger charge is 2.10. The third-order valence-corrected chi connectivity index (χ3v) is 3.10. The molecule has 3 rings (SSSR count). The van der Waals surface area contributed by atoms with Crippen LogP contribution in [0.3, 0.4) is 0 Å². The van der Waals surface area contributed by atoms with E-state index in [4.69, 9.17) is 4.98 Å². The molecule has 0 saturated carbocycles. The Morgan fingerprint density at radius 1 is 1.05 bits per heavy atom. The number of imidazole rings is 1. The number of halogens is 1. The minimum atomic E-state index is 0. The van der Waals surface area contributed by atoms with E-state index < -0.39 is 0 Å². The van der Waals surface area contributed by atoms with E-state index in [1.807, 2.05) is 36.4 Å². The number of benzene rings is 1. The van der Waals surface area contributed by atoms with Gasteiger partial charge in [-0.1, -0.05) is 38.1 Å². The Balaban J connectivity index is 0.00000161. The third-order valence-electron chi connectivity index (χ3n) is 3.10. The molecule has 0 unspecified atom stereocenters. The number of pyridine rings is 1. The number of para-hydroxylation sites is 2. The molecule has 0 spiro atoms. The normalized spacial score (nSPS) is 11.2. The van der Waals surface area contributed by atoms with Gasteiger partial charge in [-0.25, -0.2) is 9.97 Å². The summed E-state index contributed by atoms with van der Waals surface area (Å²) in [5, 5.41) is 0. The minimum Gasteiger partial charge on any atom is -0.277 e. The molecule has 0 bridgehead atoms. The van der Waals surface area contributed by atoms with Crippen LogP contribution < -0.4 is 0 Å². The van der Waals surface area contributed by atoms with Gasteiger partial charge in [-0.2, -0.15) is 0 Å². The van der Waals surface area contributed by atoms with Crippen molar-refractivity contribution in [1.29, 1.82) is 0 Å². The fourth-order valence-electron chi connectivity index (χ4n) is 2.16. The maximum absolute atomic E-state index is 4.70. The van der Waals surface area contributed by atoms with Gasteiger partial charge in [-0.05, 0) is 36.3 Å². The maximum atomic E-state index is 4.70. The highest BCUT2D eigenvalue weighted by Crippen LogP contribution is 2.21. The summed E-state index contributed by atoms with van der Waals surface area (Å²) in [6.45, 7) is 4.31. The van der Waals surface area contributed by atoms with E-state index in [1.54, 1.807) is 6.20 Å². The molecule has 4 heteroatoms. The first kappa shape index (κ1) is 15.3. The zero-order chi connectivity index (χ0) is 13.9. The van der Waals surface area contributed by atoms with Crippen LogP contribution >= 0.6 is 12.4 Å². The predicted octanol–water partition coefficient (Wildman–Crippen LogP) is 4.51. The molecule has 0 fully saturated rings.